The van der Waals surface area contributed by atoms with Crippen molar-refractivity contribution < 1.29 is 4.79 Å². The van der Waals surface area contributed by atoms with Crippen molar-refractivity contribution in [1.29, 1.82) is 0 Å². The van der Waals surface area contributed by atoms with Crippen LogP contribution < -0.4 is 10.6 Å². The molecule has 2 aromatic rings. The van der Waals surface area contributed by atoms with Crippen molar-refractivity contribution in [2.24, 2.45) is 0 Å². The number of hydrogen-bond acceptors (Lipinski definition) is 5. The lowest BCUT2D eigenvalue weighted by molar-refractivity contribution is 0.0948. The fraction of sp³-hybridized carbons (Fsp3) is 0.500. The summed E-state index contributed by atoms with van der Waals surface area (Å²) in [7, 11) is 0. The van der Waals surface area contributed by atoms with Crippen LogP contribution in [0.2, 0.25) is 0 Å². The lowest BCUT2D eigenvalue weighted by Crippen LogP contribution is -2.25. The van der Waals surface area contributed by atoms with Crippen molar-refractivity contribution in [2.75, 3.05) is 18.4 Å². The van der Waals surface area contributed by atoms with E-state index in [2.05, 4.69) is 25.9 Å². The van der Waals surface area contributed by atoms with E-state index in [0.29, 0.717) is 12.2 Å². The molecule has 1 aliphatic heterocycles. The number of rotatable bonds is 5. The second-order valence-corrected chi connectivity index (χ2v) is 4.70. The number of aromatic nitrogens is 5. The topological polar surface area (TPSA) is 89.7 Å². The lowest BCUT2D eigenvalue weighted by atomic mass is 10.3. The molecule has 3 rings (SSSR count). The maximum atomic E-state index is 12.0. The SMILES string of the molecule is O=C(NCCCn1ccnn1)c1cn2c(n1)NCCC2. The highest BCUT2D eigenvalue weighted by atomic mass is 16.1. The monoisotopic (exact) mass is 275 g/mol. The summed E-state index contributed by atoms with van der Waals surface area (Å²) in [6.07, 6.45) is 7.11. The predicted octanol–water partition coefficient (Wildman–Crippen LogP) is 0.110. The third-order valence-electron chi connectivity index (χ3n) is 3.19. The Labute approximate surface area is 116 Å². The number of carbonyl (C=O) groups is 1. The lowest BCUT2D eigenvalue weighted by Gasteiger charge is -2.14. The summed E-state index contributed by atoms with van der Waals surface area (Å²) >= 11 is 0. The number of anilines is 1. The highest BCUT2D eigenvalue weighted by Gasteiger charge is 2.15. The zero-order valence-electron chi connectivity index (χ0n) is 11.1. The van der Waals surface area contributed by atoms with Crippen LogP contribution in [0.25, 0.3) is 0 Å². The Bertz CT molecular complexity index is 551. The Morgan fingerprint density at radius 1 is 1.50 bits per heavy atom. The normalized spacial score (nSPS) is 13.6. The molecule has 0 radical (unpaired) electrons. The zero-order valence-corrected chi connectivity index (χ0v) is 11.1. The molecule has 3 heterocycles. The van der Waals surface area contributed by atoms with Crippen LogP contribution in [0, 0.1) is 0 Å². The van der Waals surface area contributed by atoms with Gasteiger partial charge in [-0.15, -0.1) is 5.10 Å². The van der Waals surface area contributed by atoms with Gasteiger partial charge in [-0.05, 0) is 12.8 Å². The maximum Gasteiger partial charge on any atom is 0.271 e. The van der Waals surface area contributed by atoms with Gasteiger partial charge in [0.1, 0.15) is 5.69 Å². The number of nitrogens with one attached hydrogen (secondary N) is 2. The van der Waals surface area contributed by atoms with Gasteiger partial charge in [0.25, 0.3) is 5.91 Å². The maximum absolute atomic E-state index is 12.0. The van der Waals surface area contributed by atoms with Crippen molar-refractivity contribution in [2.45, 2.75) is 25.9 Å². The average molecular weight is 275 g/mol. The van der Waals surface area contributed by atoms with E-state index in [9.17, 15) is 4.79 Å². The van der Waals surface area contributed by atoms with E-state index < -0.39 is 0 Å². The minimum Gasteiger partial charge on any atom is -0.356 e. The second kappa shape index (κ2) is 5.72. The van der Waals surface area contributed by atoms with E-state index in [4.69, 9.17) is 0 Å². The molecular weight excluding hydrogens is 258 g/mol. The second-order valence-electron chi connectivity index (χ2n) is 4.70. The molecular formula is C12H17N7O. The Kier molecular flexibility index (Phi) is 3.62. The van der Waals surface area contributed by atoms with Crippen molar-refractivity contribution in [1.82, 2.24) is 29.9 Å². The van der Waals surface area contributed by atoms with Gasteiger partial charge in [0.15, 0.2) is 0 Å². The van der Waals surface area contributed by atoms with Gasteiger partial charge in [-0.1, -0.05) is 5.21 Å². The molecule has 8 heteroatoms. The van der Waals surface area contributed by atoms with E-state index in [1.807, 2.05) is 4.57 Å². The van der Waals surface area contributed by atoms with E-state index in [1.165, 1.54) is 0 Å². The molecule has 106 valence electrons. The molecule has 0 aliphatic carbocycles. The third-order valence-corrected chi connectivity index (χ3v) is 3.19. The molecule has 8 nitrogen and oxygen atoms in total. The Morgan fingerprint density at radius 3 is 3.25 bits per heavy atom. The van der Waals surface area contributed by atoms with Crippen LogP contribution in [0.3, 0.4) is 0 Å². The Balaban J connectivity index is 1.48. The van der Waals surface area contributed by atoms with Crippen LogP contribution >= 0.6 is 0 Å². The van der Waals surface area contributed by atoms with Gasteiger partial charge in [-0.2, -0.15) is 0 Å². The van der Waals surface area contributed by atoms with Gasteiger partial charge in [0.2, 0.25) is 5.95 Å². The van der Waals surface area contributed by atoms with Crippen LogP contribution in [0.15, 0.2) is 18.6 Å². The van der Waals surface area contributed by atoms with Gasteiger partial charge in [-0.25, -0.2) is 4.98 Å². The smallest absolute Gasteiger partial charge is 0.271 e. The van der Waals surface area contributed by atoms with Crippen LogP contribution in [0.4, 0.5) is 5.95 Å². The molecule has 1 amide bonds. The summed E-state index contributed by atoms with van der Waals surface area (Å²) in [5.41, 5.74) is 0.468. The minimum absolute atomic E-state index is 0.132. The van der Waals surface area contributed by atoms with Crippen molar-refractivity contribution in [3.63, 3.8) is 0 Å². The summed E-state index contributed by atoms with van der Waals surface area (Å²) in [6, 6.07) is 0. The Hall–Kier alpha value is -2.38. The largest absolute Gasteiger partial charge is 0.356 e. The molecule has 0 saturated heterocycles. The number of nitrogens with zero attached hydrogens (tertiary/aromatic N) is 5. The summed E-state index contributed by atoms with van der Waals surface area (Å²) in [6.45, 7) is 3.15. The number of amides is 1. The molecule has 1 aliphatic rings. The van der Waals surface area contributed by atoms with Gasteiger partial charge in [0, 0.05) is 38.6 Å². The zero-order chi connectivity index (χ0) is 13.8. The van der Waals surface area contributed by atoms with E-state index >= 15 is 0 Å². The van der Waals surface area contributed by atoms with Gasteiger partial charge >= 0.3 is 0 Å². The molecule has 0 spiro atoms. The molecule has 0 unspecified atom stereocenters. The van der Waals surface area contributed by atoms with Gasteiger partial charge < -0.3 is 15.2 Å². The minimum atomic E-state index is -0.132. The predicted molar refractivity (Wildman–Crippen MR) is 72.3 cm³/mol. The number of aryl methyl sites for hydroxylation is 2. The molecule has 0 fully saturated rings. The number of hydrogen-bond donors (Lipinski definition) is 2. The van der Waals surface area contributed by atoms with E-state index in [1.54, 1.807) is 23.3 Å². The van der Waals surface area contributed by atoms with Crippen molar-refractivity contribution in [3.8, 4) is 0 Å². The van der Waals surface area contributed by atoms with E-state index in [0.717, 1.165) is 38.4 Å². The molecule has 0 bridgehead atoms. The summed E-state index contributed by atoms with van der Waals surface area (Å²) in [5.74, 6) is 0.649. The molecule has 2 N–H and O–H groups in total. The first kappa shape index (κ1) is 12.6. The molecule has 20 heavy (non-hydrogen) atoms. The average Bonchev–Trinajstić information content (AvgIpc) is 3.12. The molecule has 0 atom stereocenters. The number of imidazole rings is 1. The van der Waals surface area contributed by atoms with Crippen molar-refractivity contribution in [3.05, 3.63) is 24.3 Å². The van der Waals surface area contributed by atoms with Gasteiger partial charge in [-0.3, -0.25) is 9.48 Å². The van der Waals surface area contributed by atoms with Crippen LogP contribution in [-0.2, 0) is 13.1 Å². The van der Waals surface area contributed by atoms with Crippen molar-refractivity contribution >= 4 is 11.9 Å². The highest BCUT2D eigenvalue weighted by Crippen LogP contribution is 2.13. The van der Waals surface area contributed by atoms with Crippen LogP contribution in [0.1, 0.15) is 23.3 Å². The summed E-state index contributed by atoms with van der Waals surface area (Å²) < 4.78 is 3.72. The quantitative estimate of drug-likeness (QED) is 0.756. The first-order valence-corrected chi connectivity index (χ1v) is 6.76. The summed E-state index contributed by atoms with van der Waals surface area (Å²) in [4.78, 5) is 16.3. The van der Waals surface area contributed by atoms with Gasteiger partial charge in [0.05, 0.1) is 6.20 Å². The fourth-order valence-corrected chi connectivity index (χ4v) is 2.17. The number of carbonyl (C=O) groups excluding carboxylic acids is 1. The van der Waals surface area contributed by atoms with E-state index in [-0.39, 0.29) is 5.91 Å². The highest BCUT2D eigenvalue weighted by molar-refractivity contribution is 5.92. The van der Waals surface area contributed by atoms with Crippen LogP contribution in [-0.4, -0.2) is 43.5 Å². The first-order valence-electron chi connectivity index (χ1n) is 6.76. The summed E-state index contributed by atoms with van der Waals surface area (Å²) in [5, 5.41) is 13.6. The number of fused-ring (bicyclic) bond motifs is 1. The molecule has 2 aromatic heterocycles. The molecule has 0 aromatic carbocycles. The molecule has 0 saturated carbocycles. The Morgan fingerprint density at radius 2 is 2.45 bits per heavy atom. The van der Waals surface area contributed by atoms with Crippen LogP contribution in [0.5, 0.6) is 0 Å². The first-order chi connectivity index (χ1) is 9.83. The standard InChI is InChI=1S/C12H17N7O/c20-11(13-3-2-7-19-8-5-15-17-19)10-9-18-6-1-4-14-12(18)16-10/h5,8-9H,1-4,6-7H2,(H,13,20)(H,14,16). The third kappa shape index (κ3) is 2.79. The fourth-order valence-electron chi connectivity index (χ4n) is 2.17.